The van der Waals surface area contributed by atoms with Crippen LogP contribution in [0.3, 0.4) is 0 Å². The molecule has 0 nitrogen and oxygen atoms in total. The van der Waals surface area contributed by atoms with Crippen LogP contribution in [0, 0.1) is 5.82 Å². The van der Waals surface area contributed by atoms with E-state index >= 15 is 0 Å². The fourth-order valence-corrected chi connectivity index (χ4v) is 1.43. The van der Waals surface area contributed by atoms with Crippen molar-refractivity contribution in [3.05, 3.63) is 72.1 Å². The predicted octanol–water partition coefficient (Wildman–Crippen LogP) is 6.25. The van der Waals surface area contributed by atoms with Gasteiger partial charge < -0.3 is 0 Å². The molecule has 1 aromatic rings. The Morgan fingerprint density at radius 2 is 1.40 bits per heavy atom. The number of allylic oxidation sites excluding steroid dienone is 6. The molecule has 0 saturated carbocycles. The van der Waals surface area contributed by atoms with Gasteiger partial charge in [-0.2, -0.15) is 0 Å². The number of hydrogen-bond acceptors (Lipinski definition) is 0. The highest BCUT2D eigenvalue weighted by Crippen LogP contribution is 2.01. The van der Waals surface area contributed by atoms with Crippen molar-refractivity contribution >= 4 is 0 Å². The van der Waals surface area contributed by atoms with Gasteiger partial charge in [0.15, 0.2) is 0 Å². The molecule has 110 valence electrons. The molecule has 1 rings (SSSR count). The molecule has 0 aliphatic heterocycles. The third kappa shape index (κ3) is 11.5. The van der Waals surface area contributed by atoms with E-state index in [0.29, 0.717) is 0 Å². The third-order valence-corrected chi connectivity index (χ3v) is 2.62. The molecule has 0 saturated heterocycles. The lowest BCUT2D eigenvalue weighted by molar-refractivity contribution is 0.627. The smallest absolute Gasteiger partial charge is 0.123 e. The summed E-state index contributed by atoms with van der Waals surface area (Å²) in [5.41, 5.74) is 1.18. The highest BCUT2D eigenvalue weighted by Gasteiger charge is 1.87. The first-order chi connectivity index (χ1) is 9.74. The van der Waals surface area contributed by atoms with Gasteiger partial charge in [0.25, 0.3) is 0 Å². The monoisotopic (exact) mass is 274 g/mol. The van der Waals surface area contributed by atoms with Gasteiger partial charge in [-0.05, 0) is 43.4 Å². The Morgan fingerprint density at radius 1 is 0.800 bits per heavy atom. The zero-order valence-electron chi connectivity index (χ0n) is 13.0. The molecule has 0 unspecified atom stereocenters. The van der Waals surface area contributed by atoms with Crippen LogP contribution in [0.1, 0.15) is 45.6 Å². The molecule has 20 heavy (non-hydrogen) atoms. The predicted molar refractivity (Wildman–Crippen MR) is 88.4 cm³/mol. The molecule has 0 N–H and O–H groups in total. The van der Waals surface area contributed by atoms with Crippen molar-refractivity contribution in [2.75, 3.05) is 0 Å². The molecule has 0 heterocycles. The molecular formula is C19H27F. The second-order valence-electron chi connectivity index (χ2n) is 4.36. The minimum Gasteiger partial charge on any atom is -0.207 e. The molecular weight excluding hydrogens is 247 g/mol. The Bertz CT molecular complexity index is 396. The molecule has 0 aliphatic carbocycles. The molecule has 0 spiro atoms. The minimum atomic E-state index is -0.160. The summed E-state index contributed by atoms with van der Waals surface area (Å²) in [6.45, 7) is 6.34. The number of benzene rings is 1. The number of aryl methyl sites for hydroxylation is 1. The maximum Gasteiger partial charge on any atom is 0.123 e. The average molecular weight is 274 g/mol. The number of rotatable bonds is 6. The Morgan fingerprint density at radius 3 is 1.95 bits per heavy atom. The average Bonchev–Trinajstić information content (AvgIpc) is 2.48. The molecule has 0 aliphatic rings. The number of halogens is 1. The zero-order valence-corrected chi connectivity index (χ0v) is 13.0. The van der Waals surface area contributed by atoms with Crippen LogP contribution in [-0.2, 0) is 6.42 Å². The van der Waals surface area contributed by atoms with Crippen molar-refractivity contribution in [1.29, 1.82) is 0 Å². The van der Waals surface area contributed by atoms with Crippen LogP contribution in [0.4, 0.5) is 4.39 Å². The Kier molecular flexibility index (Phi) is 12.7. The summed E-state index contributed by atoms with van der Waals surface area (Å²) in [7, 11) is 0. The second kappa shape index (κ2) is 13.8. The van der Waals surface area contributed by atoms with Crippen molar-refractivity contribution in [1.82, 2.24) is 0 Å². The molecule has 0 fully saturated rings. The summed E-state index contributed by atoms with van der Waals surface area (Å²) < 4.78 is 12.2. The van der Waals surface area contributed by atoms with Crippen LogP contribution in [0.15, 0.2) is 60.7 Å². The van der Waals surface area contributed by atoms with E-state index in [-0.39, 0.29) is 5.82 Å². The lowest BCUT2D eigenvalue weighted by Gasteiger charge is -1.92. The van der Waals surface area contributed by atoms with Crippen molar-refractivity contribution in [3.63, 3.8) is 0 Å². The van der Waals surface area contributed by atoms with Gasteiger partial charge in [0.1, 0.15) is 5.82 Å². The Hall–Kier alpha value is -1.63. The van der Waals surface area contributed by atoms with Gasteiger partial charge in [-0.3, -0.25) is 0 Å². The van der Waals surface area contributed by atoms with E-state index < -0.39 is 0 Å². The van der Waals surface area contributed by atoms with Crippen LogP contribution in [0.25, 0.3) is 0 Å². The van der Waals surface area contributed by atoms with Crippen molar-refractivity contribution in [3.8, 4) is 0 Å². The van der Waals surface area contributed by atoms with Gasteiger partial charge in [0.05, 0.1) is 0 Å². The maximum absolute atomic E-state index is 12.2. The van der Waals surface area contributed by atoms with Crippen molar-refractivity contribution in [2.45, 2.75) is 46.5 Å². The van der Waals surface area contributed by atoms with E-state index in [1.807, 2.05) is 6.92 Å². The lowest BCUT2D eigenvalue weighted by atomic mass is 10.2. The second-order valence-corrected chi connectivity index (χ2v) is 4.36. The van der Waals surface area contributed by atoms with E-state index in [0.717, 1.165) is 25.7 Å². The molecule has 0 radical (unpaired) electrons. The Balaban J connectivity index is 0.000000367. The van der Waals surface area contributed by atoms with Gasteiger partial charge in [-0.25, -0.2) is 4.39 Å². The van der Waals surface area contributed by atoms with E-state index in [1.54, 1.807) is 12.1 Å². The summed E-state index contributed by atoms with van der Waals surface area (Å²) in [5.74, 6) is -0.160. The van der Waals surface area contributed by atoms with E-state index in [1.165, 1.54) is 17.7 Å². The highest BCUT2D eigenvalue weighted by molar-refractivity contribution is 5.15. The standard InChI is InChI=1S/C11H18.C8H9F/c1-3-5-7-9-11-10-8-6-4-2;1-2-7-3-5-8(9)6-4-7/h5-9,11H,3-4,10H2,1-2H3;3-6H,2H2,1H3/b7-5-,8-6+,11-9-;. The highest BCUT2D eigenvalue weighted by atomic mass is 19.1. The Labute approximate surface area is 123 Å². The normalized spacial score (nSPS) is 11.2. The quantitative estimate of drug-likeness (QED) is 0.424. The molecule has 0 aromatic heterocycles. The van der Waals surface area contributed by atoms with Crippen molar-refractivity contribution < 1.29 is 4.39 Å². The van der Waals surface area contributed by atoms with Crippen LogP contribution < -0.4 is 0 Å². The van der Waals surface area contributed by atoms with E-state index in [4.69, 9.17) is 0 Å². The van der Waals surface area contributed by atoms with Crippen LogP contribution in [0.2, 0.25) is 0 Å². The summed E-state index contributed by atoms with van der Waals surface area (Å²) >= 11 is 0. The van der Waals surface area contributed by atoms with Crippen LogP contribution >= 0.6 is 0 Å². The molecule has 0 amide bonds. The van der Waals surface area contributed by atoms with E-state index in [9.17, 15) is 4.39 Å². The molecule has 1 heteroatoms. The minimum absolute atomic E-state index is 0.160. The molecule has 0 atom stereocenters. The third-order valence-electron chi connectivity index (χ3n) is 2.62. The molecule has 1 aromatic carbocycles. The van der Waals surface area contributed by atoms with Crippen LogP contribution in [0.5, 0.6) is 0 Å². The van der Waals surface area contributed by atoms with Crippen LogP contribution in [-0.4, -0.2) is 0 Å². The number of hydrogen-bond donors (Lipinski definition) is 0. The van der Waals surface area contributed by atoms with E-state index in [2.05, 4.69) is 50.3 Å². The van der Waals surface area contributed by atoms with Gasteiger partial charge in [0.2, 0.25) is 0 Å². The fourth-order valence-electron chi connectivity index (χ4n) is 1.43. The summed E-state index contributed by atoms with van der Waals surface area (Å²) in [6.07, 6.45) is 17.2. The largest absolute Gasteiger partial charge is 0.207 e. The van der Waals surface area contributed by atoms with Gasteiger partial charge in [-0.1, -0.05) is 69.4 Å². The zero-order chi connectivity index (χ0) is 15.1. The topological polar surface area (TPSA) is 0 Å². The SMILES string of the molecule is CC/C=C\C=C/C/C=C/CC.CCc1ccc(F)cc1. The first-order valence-corrected chi connectivity index (χ1v) is 7.45. The van der Waals surface area contributed by atoms with Gasteiger partial charge in [-0.15, -0.1) is 0 Å². The summed E-state index contributed by atoms with van der Waals surface area (Å²) in [5, 5.41) is 0. The van der Waals surface area contributed by atoms with Gasteiger partial charge in [0, 0.05) is 0 Å². The van der Waals surface area contributed by atoms with Crippen molar-refractivity contribution in [2.24, 2.45) is 0 Å². The first kappa shape index (κ1) is 18.4. The fraction of sp³-hybridized carbons (Fsp3) is 0.368. The summed E-state index contributed by atoms with van der Waals surface area (Å²) in [4.78, 5) is 0. The first-order valence-electron chi connectivity index (χ1n) is 7.45. The maximum atomic E-state index is 12.2. The van der Waals surface area contributed by atoms with Gasteiger partial charge >= 0.3 is 0 Å². The molecule has 0 bridgehead atoms. The summed E-state index contributed by atoms with van der Waals surface area (Å²) in [6, 6.07) is 6.57. The lowest BCUT2D eigenvalue weighted by Crippen LogP contribution is -1.78.